The topological polar surface area (TPSA) is 112 Å². The van der Waals surface area contributed by atoms with E-state index >= 15 is 0 Å². The van der Waals surface area contributed by atoms with Crippen LogP contribution in [0, 0.1) is 5.92 Å². The van der Waals surface area contributed by atoms with E-state index in [1.807, 2.05) is 0 Å². The number of unbranched alkanes of at least 4 members (excludes halogenated alkanes) is 25. The van der Waals surface area contributed by atoms with E-state index in [9.17, 15) is 24.9 Å². The Hall–Kier alpha value is -2.18. The molecule has 1 heterocycles. The van der Waals surface area contributed by atoms with Crippen molar-refractivity contribution in [2.24, 2.45) is 5.92 Å². The maximum Gasteiger partial charge on any atom is 0.312 e. The Morgan fingerprint density at radius 1 is 0.547 bits per heavy atom. The van der Waals surface area contributed by atoms with Crippen molar-refractivity contribution in [3.05, 3.63) is 11.1 Å². The second-order valence-corrected chi connectivity index (χ2v) is 16.3. The van der Waals surface area contributed by atoms with Crippen LogP contribution in [0.25, 0.3) is 0 Å². The summed E-state index contributed by atoms with van der Waals surface area (Å²) < 4.78 is 1.54. The van der Waals surface area contributed by atoms with Gasteiger partial charge in [-0.25, -0.2) is 0 Å². The number of hydrogen-bond donors (Lipinski definition) is 4. The lowest BCUT2D eigenvalue weighted by Crippen LogP contribution is -2.36. The lowest BCUT2D eigenvalue weighted by atomic mass is 9.80. The van der Waals surface area contributed by atoms with Crippen molar-refractivity contribution in [3.63, 3.8) is 0 Å². The average molecular weight is 747 g/mol. The minimum atomic E-state index is -1.25. The van der Waals surface area contributed by atoms with Crippen LogP contribution in [-0.4, -0.2) is 38.3 Å². The molecular formula is C46H86N2O5. The molecule has 0 fully saturated rings. The monoisotopic (exact) mass is 747 g/mol. The smallest absolute Gasteiger partial charge is 0.312 e. The first-order valence-corrected chi connectivity index (χ1v) is 22.9. The molecule has 3 atom stereocenters. The summed E-state index contributed by atoms with van der Waals surface area (Å²) in [5, 5.41) is 37.1. The van der Waals surface area contributed by atoms with Gasteiger partial charge in [0, 0.05) is 24.2 Å². The van der Waals surface area contributed by atoms with Gasteiger partial charge in [0.05, 0.1) is 11.8 Å². The molecule has 1 rings (SSSR count). The van der Waals surface area contributed by atoms with Crippen molar-refractivity contribution >= 4 is 11.9 Å². The third-order valence-electron chi connectivity index (χ3n) is 11.6. The summed E-state index contributed by atoms with van der Waals surface area (Å²) in [6.07, 6.45) is 35.1. The molecule has 0 saturated heterocycles. The minimum Gasteiger partial charge on any atom is -0.494 e. The summed E-state index contributed by atoms with van der Waals surface area (Å²) >= 11 is 0. The van der Waals surface area contributed by atoms with Crippen molar-refractivity contribution in [2.45, 2.75) is 246 Å². The summed E-state index contributed by atoms with van der Waals surface area (Å²) in [5.74, 6) is -3.86. The summed E-state index contributed by atoms with van der Waals surface area (Å²) in [6, 6.07) is 0. The van der Waals surface area contributed by atoms with Crippen LogP contribution in [0.1, 0.15) is 250 Å². The number of carbonyl (C=O) groups excluding carboxylic acids is 1. The first kappa shape index (κ1) is 48.8. The standard InChI is InChI=1S/C46H86N2O5/c1-6-10-13-16-19-22-24-27-30-33-36-47-43(49)38(5)40(46(52)53)42-41(39(9-4)35-32-29-26-21-18-15-12-8-3)44(50)48(45(42)51)37-34-31-28-25-23-20-17-14-11-7-2/h38-40,50-51H,6-37H2,1-5H3,(H,47,49)(H,52,53). The number of carboxylic acids is 1. The van der Waals surface area contributed by atoms with E-state index in [4.69, 9.17) is 0 Å². The normalized spacial score (nSPS) is 13.3. The predicted octanol–water partition coefficient (Wildman–Crippen LogP) is 13.7. The minimum absolute atomic E-state index is 0.0101. The highest BCUT2D eigenvalue weighted by Crippen LogP contribution is 2.47. The van der Waals surface area contributed by atoms with E-state index in [-0.39, 0.29) is 29.1 Å². The lowest BCUT2D eigenvalue weighted by molar-refractivity contribution is -0.143. The highest BCUT2D eigenvalue weighted by molar-refractivity contribution is 5.88. The lowest BCUT2D eigenvalue weighted by Gasteiger charge is -2.23. The fraction of sp³-hybridized carbons (Fsp3) is 0.870. The quantitative estimate of drug-likeness (QED) is 0.0507. The third-order valence-corrected chi connectivity index (χ3v) is 11.6. The SMILES string of the molecule is CCCCCCCCCCCCNC(=O)C(C)C(C(=O)O)c1c(C(CC)CCCCCCCCCC)c(O)n(CCCCCCCCCCCC)c1O. The van der Waals surface area contributed by atoms with E-state index in [0.29, 0.717) is 18.7 Å². The van der Waals surface area contributed by atoms with Crippen molar-refractivity contribution in [3.8, 4) is 11.8 Å². The molecule has 7 nitrogen and oxygen atoms in total. The van der Waals surface area contributed by atoms with Crippen LogP contribution in [0.2, 0.25) is 0 Å². The van der Waals surface area contributed by atoms with Gasteiger partial charge in [-0.05, 0) is 31.6 Å². The fourth-order valence-electron chi connectivity index (χ4n) is 8.11. The van der Waals surface area contributed by atoms with Crippen molar-refractivity contribution in [1.82, 2.24) is 9.88 Å². The molecule has 0 aromatic carbocycles. The van der Waals surface area contributed by atoms with Gasteiger partial charge in [-0.15, -0.1) is 0 Å². The van der Waals surface area contributed by atoms with Crippen molar-refractivity contribution in [1.29, 1.82) is 0 Å². The molecule has 0 aliphatic carbocycles. The molecule has 53 heavy (non-hydrogen) atoms. The number of carbonyl (C=O) groups is 2. The second-order valence-electron chi connectivity index (χ2n) is 16.3. The fourth-order valence-corrected chi connectivity index (χ4v) is 8.11. The molecule has 1 amide bonds. The second kappa shape index (κ2) is 32.1. The van der Waals surface area contributed by atoms with Gasteiger partial charge in [0.1, 0.15) is 0 Å². The average Bonchev–Trinajstić information content (AvgIpc) is 3.38. The van der Waals surface area contributed by atoms with Gasteiger partial charge in [0.25, 0.3) is 0 Å². The molecule has 3 unspecified atom stereocenters. The van der Waals surface area contributed by atoms with Gasteiger partial charge < -0.3 is 20.6 Å². The zero-order valence-electron chi connectivity index (χ0n) is 35.5. The Morgan fingerprint density at radius 3 is 1.34 bits per heavy atom. The van der Waals surface area contributed by atoms with Crippen LogP contribution >= 0.6 is 0 Å². The van der Waals surface area contributed by atoms with E-state index in [0.717, 1.165) is 64.2 Å². The maximum atomic E-state index is 13.5. The third kappa shape index (κ3) is 20.4. The Kier molecular flexibility index (Phi) is 29.6. The first-order chi connectivity index (χ1) is 25.8. The molecule has 4 N–H and O–H groups in total. The number of rotatable bonds is 37. The number of aliphatic carboxylic acids is 1. The van der Waals surface area contributed by atoms with E-state index in [1.165, 1.54) is 133 Å². The zero-order valence-corrected chi connectivity index (χ0v) is 35.5. The number of nitrogens with zero attached hydrogens (tertiary/aromatic N) is 1. The van der Waals surface area contributed by atoms with E-state index < -0.39 is 17.8 Å². The van der Waals surface area contributed by atoms with Crippen molar-refractivity contribution in [2.75, 3.05) is 6.54 Å². The highest BCUT2D eigenvalue weighted by atomic mass is 16.4. The number of aromatic nitrogens is 1. The van der Waals surface area contributed by atoms with Gasteiger partial charge in [0.2, 0.25) is 5.91 Å². The number of hydrogen-bond acceptors (Lipinski definition) is 4. The van der Waals surface area contributed by atoms with Crippen molar-refractivity contribution < 1.29 is 24.9 Å². The molecule has 0 bridgehead atoms. The van der Waals surface area contributed by atoms with E-state index in [2.05, 4.69) is 33.0 Å². The molecule has 1 aromatic heterocycles. The number of aromatic hydroxyl groups is 2. The van der Waals surface area contributed by atoms with E-state index in [1.54, 1.807) is 6.92 Å². The summed E-state index contributed by atoms with van der Waals surface area (Å²) in [5.41, 5.74) is 0.789. The van der Waals surface area contributed by atoms with Crippen LogP contribution in [0.5, 0.6) is 11.8 Å². The largest absolute Gasteiger partial charge is 0.494 e. The van der Waals surface area contributed by atoms with Gasteiger partial charge in [-0.3, -0.25) is 14.2 Å². The molecular weight excluding hydrogens is 661 g/mol. The van der Waals surface area contributed by atoms with Crippen LogP contribution in [0.3, 0.4) is 0 Å². The Morgan fingerprint density at radius 2 is 0.925 bits per heavy atom. The molecule has 0 radical (unpaired) electrons. The zero-order chi connectivity index (χ0) is 39.1. The highest BCUT2D eigenvalue weighted by Gasteiger charge is 2.40. The van der Waals surface area contributed by atoms with Crippen LogP contribution in [-0.2, 0) is 16.1 Å². The Balaban J connectivity index is 2.99. The van der Waals surface area contributed by atoms with Gasteiger partial charge >= 0.3 is 5.97 Å². The molecule has 310 valence electrons. The van der Waals surface area contributed by atoms with Crippen LogP contribution in [0.15, 0.2) is 0 Å². The molecule has 7 heteroatoms. The Labute approximate surface area is 326 Å². The summed E-state index contributed by atoms with van der Waals surface area (Å²) in [4.78, 5) is 26.5. The maximum absolute atomic E-state index is 13.5. The summed E-state index contributed by atoms with van der Waals surface area (Å²) in [7, 11) is 0. The predicted molar refractivity (Wildman–Crippen MR) is 224 cm³/mol. The molecule has 1 aromatic rings. The first-order valence-electron chi connectivity index (χ1n) is 22.9. The Bertz CT molecular complexity index is 1050. The number of nitrogens with one attached hydrogen (secondary N) is 1. The van der Waals surface area contributed by atoms with Gasteiger partial charge in [-0.2, -0.15) is 0 Å². The molecule has 0 spiro atoms. The molecule has 0 aliphatic heterocycles. The van der Waals surface area contributed by atoms with Crippen LogP contribution < -0.4 is 5.32 Å². The summed E-state index contributed by atoms with van der Waals surface area (Å²) in [6.45, 7) is 11.4. The molecule has 0 aliphatic rings. The van der Waals surface area contributed by atoms with Gasteiger partial charge in [0.15, 0.2) is 11.8 Å². The number of amides is 1. The number of carboxylic acid groups (broad SMARTS) is 1. The molecule has 0 saturated carbocycles. The van der Waals surface area contributed by atoms with Gasteiger partial charge in [-0.1, -0.05) is 202 Å². The van der Waals surface area contributed by atoms with Crippen LogP contribution in [0.4, 0.5) is 0 Å².